The minimum atomic E-state index is -0.873. The zero-order chi connectivity index (χ0) is 18.8. The van der Waals surface area contributed by atoms with Gasteiger partial charge in [-0.25, -0.2) is 8.78 Å². The lowest BCUT2D eigenvalue weighted by molar-refractivity contribution is -0.122. The second-order valence-corrected chi connectivity index (χ2v) is 7.07. The molecule has 1 aliphatic heterocycles. The summed E-state index contributed by atoms with van der Waals surface area (Å²) in [6.07, 6.45) is 0.534. The number of carbonyl (C=O) groups excluding carboxylic acids is 1. The Morgan fingerprint density at radius 3 is 2.74 bits per heavy atom. The van der Waals surface area contributed by atoms with E-state index in [1.807, 2.05) is 12.1 Å². The van der Waals surface area contributed by atoms with Crippen molar-refractivity contribution in [2.45, 2.75) is 25.4 Å². The molecule has 0 bridgehead atoms. The number of rotatable bonds is 6. The number of carbonyl (C=O) groups is 1. The van der Waals surface area contributed by atoms with Crippen molar-refractivity contribution in [2.24, 2.45) is 5.92 Å². The van der Waals surface area contributed by atoms with E-state index < -0.39 is 11.6 Å². The molecule has 1 saturated carbocycles. The molecule has 5 nitrogen and oxygen atoms in total. The molecule has 1 amide bonds. The maximum absolute atomic E-state index is 13.8. The van der Waals surface area contributed by atoms with E-state index in [2.05, 4.69) is 10.2 Å². The first-order chi connectivity index (χ1) is 13.1. The van der Waals surface area contributed by atoms with Crippen LogP contribution in [0.5, 0.6) is 0 Å². The van der Waals surface area contributed by atoms with Gasteiger partial charge < -0.3 is 14.5 Å². The van der Waals surface area contributed by atoms with Crippen LogP contribution in [0.4, 0.5) is 8.78 Å². The van der Waals surface area contributed by atoms with Crippen molar-refractivity contribution in [3.8, 4) is 0 Å². The Balaban J connectivity index is 1.27. The fraction of sp³-hybridized carbons (Fsp3) is 0.450. The maximum atomic E-state index is 13.8. The third-order valence-corrected chi connectivity index (χ3v) is 5.15. The van der Waals surface area contributed by atoms with Gasteiger partial charge in [-0.05, 0) is 36.1 Å². The molecule has 2 aliphatic rings. The lowest BCUT2D eigenvalue weighted by atomic mass is 10.1. The largest absolute Gasteiger partial charge is 0.463 e. The molecule has 2 atom stereocenters. The van der Waals surface area contributed by atoms with E-state index in [1.165, 1.54) is 6.07 Å². The molecule has 0 spiro atoms. The second kappa shape index (κ2) is 7.78. The van der Waals surface area contributed by atoms with Crippen LogP contribution < -0.4 is 5.32 Å². The number of furan rings is 1. The summed E-state index contributed by atoms with van der Waals surface area (Å²) < 4.78 is 38.3. The van der Waals surface area contributed by atoms with Gasteiger partial charge in [-0.15, -0.1) is 0 Å². The van der Waals surface area contributed by atoms with Crippen LogP contribution in [0.3, 0.4) is 0 Å². The van der Waals surface area contributed by atoms with Crippen molar-refractivity contribution in [1.29, 1.82) is 0 Å². The Labute approximate surface area is 156 Å². The highest BCUT2D eigenvalue weighted by Crippen LogP contribution is 2.48. The zero-order valence-corrected chi connectivity index (χ0v) is 14.9. The molecule has 27 heavy (non-hydrogen) atoms. The molecule has 1 aromatic heterocycles. The summed E-state index contributed by atoms with van der Waals surface area (Å²) in [7, 11) is 0. The van der Waals surface area contributed by atoms with Crippen LogP contribution in [-0.2, 0) is 22.6 Å². The summed E-state index contributed by atoms with van der Waals surface area (Å²) in [6, 6.07) is 7.87. The van der Waals surface area contributed by atoms with E-state index in [0.717, 1.165) is 44.7 Å². The summed E-state index contributed by atoms with van der Waals surface area (Å²) >= 11 is 0. The molecule has 1 saturated heterocycles. The molecule has 1 aromatic carbocycles. The van der Waals surface area contributed by atoms with Crippen molar-refractivity contribution < 1.29 is 22.7 Å². The van der Waals surface area contributed by atoms with Crippen molar-refractivity contribution in [1.82, 2.24) is 10.2 Å². The molecular weight excluding hydrogens is 354 g/mol. The van der Waals surface area contributed by atoms with E-state index >= 15 is 0 Å². The standard InChI is InChI=1S/C20H22F2N2O3/c21-18-3-1-2-15(19(18)22)16-10-17(16)20(25)23-11-13-4-5-14(27-13)12-24-6-8-26-9-7-24/h1-5,16-17H,6-12H2,(H,23,25). The smallest absolute Gasteiger partial charge is 0.224 e. The van der Waals surface area contributed by atoms with E-state index in [1.54, 1.807) is 6.07 Å². The Hall–Kier alpha value is -2.25. The van der Waals surface area contributed by atoms with Gasteiger partial charge >= 0.3 is 0 Å². The summed E-state index contributed by atoms with van der Waals surface area (Å²) in [6.45, 7) is 4.24. The van der Waals surface area contributed by atoms with Gasteiger partial charge in [0.1, 0.15) is 11.5 Å². The van der Waals surface area contributed by atoms with E-state index in [0.29, 0.717) is 12.2 Å². The number of ether oxygens (including phenoxy) is 1. The normalized spacial score (nSPS) is 22.6. The number of hydrogen-bond donors (Lipinski definition) is 1. The van der Waals surface area contributed by atoms with Gasteiger partial charge in [0.25, 0.3) is 0 Å². The maximum Gasteiger partial charge on any atom is 0.224 e. The summed E-state index contributed by atoms with van der Waals surface area (Å²) in [4.78, 5) is 14.5. The van der Waals surface area contributed by atoms with Crippen LogP contribution in [0.25, 0.3) is 0 Å². The number of nitrogens with zero attached hydrogens (tertiary/aromatic N) is 1. The van der Waals surface area contributed by atoms with Crippen LogP contribution in [-0.4, -0.2) is 37.1 Å². The van der Waals surface area contributed by atoms with Crippen molar-refractivity contribution in [3.05, 3.63) is 59.1 Å². The Morgan fingerprint density at radius 1 is 1.15 bits per heavy atom. The molecule has 1 N–H and O–H groups in total. The number of amides is 1. The molecule has 2 fully saturated rings. The van der Waals surface area contributed by atoms with Crippen molar-refractivity contribution >= 4 is 5.91 Å². The summed E-state index contributed by atoms with van der Waals surface area (Å²) in [5.74, 6) is -0.917. The van der Waals surface area contributed by atoms with E-state index in [-0.39, 0.29) is 29.9 Å². The van der Waals surface area contributed by atoms with Gasteiger partial charge in [0.05, 0.1) is 26.3 Å². The van der Waals surface area contributed by atoms with Crippen molar-refractivity contribution in [2.75, 3.05) is 26.3 Å². The quantitative estimate of drug-likeness (QED) is 0.842. The number of halogens is 2. The number of morpholine rings is 1. The predicted octanol–water partition coefficient (Wildman–Crippen LogP) is 2.81. The second-order valence-electron chi connectivity index (χ2n) is 7.07. The summed E-state index contributed by atoms with van der Waals surface area (Å²) in [5.41, 5.74) is 0.279. The molecule has 144 valence electrons. The topological polar surface area (TPSA) is 54.7 Å². The van der Waals surface area contributed by atoms with Gasteiger partial charge in [-0.2, -0.15) is 0 Å². The van der Waals surface area contributed by atoms with Gasteiger partial charge in [0.15, 0.2) is 11.6 Å². The molecule has 7 heteroatoms. The van der Waals surface area contributed by atoms with Crippen LogP contribution in [0, 0.1) is 17.6 Å². The van der Waals surface area contributed by atoms with Gasteiger partial charge in [0, 0.05) is 19.0 Å². The van der Waals surface area contributed by atoms with Crippen LogP contribution >= 0.6 is 0 Å². The average molecular weight is 376 g/mol. The third kappa shape index (κ3) is 4.20. The molecule has 2 unspecified atom stereocenters. The Morgan fingerprint density at radius 2 is 1.93 bits per heavy atom. The minimum Gasteiger partial charge on any atom is -0.463 e. The van der Waals surface area contributed by atoms with E-state index in [9.17, 15) is 13.6 Å². The fourth-order valence-electron chi connectivity index (χ4n) is 3.52. The van der Waals surface area contributed by atoms with Crippen LogP contribution in [0.1, 0.15) is 29.4 Å². The molecule has 2 aromatic rings. The number of hydrogen-bond acceptors (Lipinski definition) is 4. The molecule has 4 rings (SSSR count). The zero-order valence-electron chi connectivity index (χ0n) is 14.9. The molecule has 0 radical (unpaired) electrons. The van der Waals surface area contributed by atoms with Crippen LogP contribution in [0.2, 0.25) is 0 Å². The highest BCUT2D eigenvalue weighted by Gasteiger charge is 2.45. The Kier molecular flexibility index (Phi) is 5.22. The van der Waals surface area contributed by atoms with Gasteiger partial charge in [-0.1, -0.05) is 12.1 Å². The monoisotopic (exact) mass is 376 g/mol. The van der Waals surface area contributed by atoms with Gasteiger partial charge in [0.2, 0.25) is 5.91 Å². The highest BCUT2D eigenvalue weighted by atomic mass is 19.2. The highest BCUT2D eigenvalue weighted by molar-refractivity contribution is 5.82. The molecule has 2 heterocycles. The first-order valence-corrected chi connectivity index (χ1v) is 9.21. The molecular formula is C20H22F2N2O3. The summed E-state index contributed by atoms with van der Waals surface area (Å²) in [5, 5.41) is 2.83. The SMILES string of the molecule is O=C(NCc1ccc(CN2CCOCC2)o1)C1CC1c1cccc(F)c1F. The third-order valence-electron chi connectivity index (χ3n) is 5.15. The average Bonchev–Trinajstić information content (AvgIpc) is 3.35. The number of nitrogens with one attached hydrogen (secondary N) is 1. The first kappa shape index (κ1) is 18.1. The predicted molar refractivity (Wildman–Crippen MR) is 93.9 cm³/mol. The Bertz CT molecular complexity index is 817. The minimum absolute atomic E-state index is 0.158. The van der Waals surface area contributed by atoms with Gasteiger partial charge in [-0.3, -0.25) is 9.69 Å². The molecule has 1 aliphatic carbocycles. The van der Waals surface area contributed by atoms with Crippen LogP contribution in [0.15, 0.2) is 34.7 Å². The fourth-order valence-corrected chi connectivity index (χ4v) is 3.52. The number of benzene rings is 1. The first-order valence-electron chi connectivity index (χ1n) is 9.21. The lowest BCUT2D eigenvalue weighted by Crippen LogP contribution is -2.35. The lowest BCUT2D eigenvalue weighted by Gasteiger charge is -2.25. The van der Waals surface area contributed by atoms with Crippen molar-refractivity contribution in [3.63, 3.8) is 0 Å². The van der Waals surface area contributed by atoms with E-state index in [4.69, 9.17) is 9.15 Å².